The zero-order valence-electron chi connectivity index (χ0n) is 9.43. The van der Waals surface area contributed by atoms with Crippen molar-refractivity contribution in [3.05, 3.63) is 12.2 Å². The Balaban J connectivity index is 1.71. The molecule has 2 saturated heterocycles. The van der Waals surface area contributed by atoms with Crippen LogP contribution in [0.25, 0.3) is 0 Å². The van der Waals surface area contributed by atoms with E-state index < -0.39 is 0 Å². The van der Waals surface area contributed by atoms with Gasteiger partial charge in [0.1, 0.15) is 0 Å². The van der Waals surface area contributed by atoms with Gasteiger partial charge >= 0.3 is 0 Å². The first kappa shape index (κ1) is 9.23. The van der Waals surface area contributed by atoms with E-state index in [1.807, 2.05) is 0 Å². The van der Waals surface area contributed by atoms with E-state index in [4.69, 9.17) is 0 Å². The summed E-state index contributed by atoms with van der Waals surface area (Å²) < 4.78 is 0. The highest BCUT2D eigenvalue weighted by atomic mass is 16.2. The van der Waals surface area contributed by atoms with Crippen LogP contribution >= 0.6 is 0 Å². The average Bonchev–Trinajstić information content (AvgIpc) is 2.90. The summed E-state index contributed by atoms with van der Waals surface area (Å²) >= 11 is 0. The van der Waals surface area contributed by atoms with E-state index in [0.717, 1.165) is 0 Å². The molecule has 86 valence electrons. The lowest BCUT2D eigenvalue weighted by atomic mass is 9.84. The van der Waals surface area contributed by atoms with Crippen LogP contribution in [0.1, 0.15) is 32.1 Å². The lowest BCUT2D eigenvalue weighted by Gasteiger charge is -2.48. The molecule has 2 heterocycles. The van der Waals surface area contributed by atoms with Crippen LogP contribution in [0.2, 0.25) is 0 Å². The van der Waals surface area contributed by atoms with E-state index in [9.17, 15) is 4.79 Å². The van der Waals surface area contributed by atoms with Gasteiger partial charge in [-0.2, -0.15) is 0 Å². The molecule has 5 atom stereocenters. The van der Waals surface area contributed by atoms with E-state index in [2.05, 4.69) is 22.4 Å². The Kier molecular flexibility index (Phi) is 1.79. The summed E-state index contributed by atoms with van der Waals surface area (Å²) in [6.07, 6.45) is 10.8. The van der Waals surface area contributed by atoms with Crippen LogP contribution in [-0.4, -0.2) is 35.0 Å². The molecule has 0 aromatic carbocycles. The van der Waals surface area contributed by atoms with Gasteiger partial charge in [0.05, 0.1) is 6.04 Å². The second kappa shape index (κ2) is 3.10. The topological polar surface area (TPSA) is 32.3 Å². The van der Waals surface area contributed by atoms with Gasteiger partial charge in [0.25, 0.3) is 0 Å². The smallest absolute Gasteiger partial charge is 0.238 e. The van der Waals surface area contributed by atoms with Gasteiger partial charge in [-0.3, -0.25) is 9.69 Å². The molecule has 1 saturated carbocycles. The molecule has 4 aliphatic rings. The van der Waals surface area contributed by atoms with E-state index in [1.165, 1.54) is 32.1 Å². The van der Waals surface area contributed by atoms with E-state index in [1.54, 1.807) is 0 Å². The number of nitrogens with zero attached hydrogens (tertiary/aromatic N) is 1. The number of hydrogen-bond acceptors (Lipinski definition) is 2. The lowest BCUT2D eigenvalue weighted by molar-refractivity contribution is -0.134. The van der Waals surface area contributed by atoms with Crippen molar-refractivity contribution in [2.24, 2.45) is 5.92 Å². The molecule has 0 radical (unpaired) electrons. The van der Waals surface area contributed by atoms with Crippen molar-refractivity contribution in [3.8, 4) is 0 Å². The molecule has 4 rings (SSSR count). The molecule has 2 bridgehead atoms. The van der Waals surface area contributed by atoms with Gasteiger partial charge in [0.2, 0.25) is 5.91 Å². The summed E-state index contributed by atoms with van der Waals surface area (Å²) in [5.74, 6) is 0.785. The quantitative estimate of drug-likeness (QED) is 0.617. The summed E-state index contributed by atoms with van der Waals surface area (Å²) in [7, 11) is 0. The highest BCUT2D eigenvalue weighted by Gasteiger charge is 2.53. The van der Waals surface area contributed by atoms with Crippen molar-refractivity contribution < 1.29 is 4.79 Å². The van der Waals surface area contributed by atoms with Gasteiger partial charge in [0.15, 0.2) is 0 Å². The first-order valence-electron chi connectivity index (χ1n) is 6.61. The molecule has 3 nitrogen and oxygen atoms in total. The molecule has 1 amide bonds. The normalized spacial score (nSPS) is 50.0. The summed E-state index contributed by atoms with van der Waals surface area (Å²) in [5.41, 5.74) is 0. The summed E-state index contributed by atoms with van der Waals surface area (Å²) in [6, 6.07) is 1.78. The molecule has 3 fully saturated rings. The third-order valence-electron chi connectivity index (χ3n) is 4.91. The number of carbonyl (C=O) groups is 1. The summed E-state index contributed by atoms with van der Waals surface area (Å²) in [6.45, 7) is 0. The highest BCUT2D eigenvalue weighted by Crippen LogP contribution is 2.43. The third-order valence-corrected chi connectivity index (χ3v) is 4.91. The Morgan fingerprint density at radius 2 is 2.12 bits per heavy atom. The Morgan fingerprint density at radius 1 is 1.25 bits per heavy atom. The lowest BCUT2D eigenvalue weighted by Crippen LogP contribution is -2.67. The first-order valence-corrected chi connectivity index (χ1v) is 6.61. The van der Waals surface area contributed by atoms with Crippen LogP contribution in [0.4, 0.5) is 0 Å². The van der Waals surface area contributed by atoms with Crippen LogP contribution in [0.15, 0.2) is 12.2 Å². The number of fused-ring (bicyclic) bond motifs is 7. The predicted molar refractivity (Wildman–Crippen MR) is 60.8 cm³/mol. The largest absolute Gasteiger partial charge is 0.350 e. The number of rotatable bonds is 0. The Labute approximate surface area is 95.9 Å². The van der Waals surface area contributed by atoms with E-state index in [0.29, 0.717) is 30.0 Å². The minimum absolute atomic E-state index is 0.161. The molecule has 3 heteroatoms. The maximum atomic E-state index is 12.1. The average molecular weight is 218 g/mol. The number of hydrogen-bond donors (Lipinski definition) is 1. The number of amides is 1. The SMILES string of the molecule is O=C1N[C@@H]2CCCC[C@H]2N2[C@@H]3C=C[C@@H](C3)[C@H]12. The van der Waals surface area contributed by atoms with Crippen molar-refractivity contribution in [3.63, 3.8) is 0 Å². The Bertz CT molecular complexity index is 365. The van der Waals surface area contributed by atoms with Crippen LogP contribution < -0.4 is 5.32 Å². The van der Waals surface area contributed by atoms with Crippen LogP contribution in [-0.2, 0) is 4.79 Å². The molecule has 0 unspecified atom stereocenters. The van der Waals surface area contributed by atoms with Gasteiger partial charge in [-0.05, 0) is 19.3 Å². The van der Waals surface area contributed by atoms with Gasteiger partial charge in [-0.25, -0.2) is 0 Å². The molecule has 1 N–H and O–H groups in total. The minimum atomic E-state index is 0.161. The minimum Gasteiger partial charge on any atom is -0.350 e. The Morgan fingerprint density at radius 3 is 3.06 bits per heavy atom. The second-order valence-corrected chi connectivity index (χ2v) is 5.71. The molecule has 0 spiro atoms. The number of piperazine rings is 1. The molecular weight excluding hydrogens is 200 g/mol. The molecule has 16 heavy (non-hydrogen) atoms. The Hall–Kier alpha value is -0.830. The summed E-state index contributed by atoms with van der Waals surface area (Å²) in [5, 5.41) is 3.26. The van der Waals surface area contributed by atoms with E-state index >= 15 is 0 Å². The number of nitrogens with one attached hydrogen (secondary N) is 1. The van der Waals surface area contributed by atoms with Gasteiger partial charge < -0.3 is 5.32 Å². The van der Waals surface area contributed by atoms with Crippen molar-refractivity contribution in [2.45, 2.75) is 56.3 Å². The molecular formula is C13H18N2O. The fourth-order valence-corrected chi connectivity index (χ4v) is 4.28. The van der Waals surface area contributed by atoms with Gasteiger partial charge in [0, 0.05) is 24.0 Å². The van der Waals surface area contributed by atoms with Gasteiger partial charge in [-0.15, -0.1) is 0 Å². The second-order valence-electron chi connectivity index (χ2n) is 5.71. The fraction of sp³-hybridized carbons (Fsp3) is 0.769. The molecule has 2 aliphatic carbocycles. The molecule has 2 aliphatic heterocycles. The maximum absolute atomic E-state index is 12.1. The molecule has 0 aromatic heterocycles. The van der Waals surface area contributed by atoms with Crippen molar-refractivity contribution in [1.29, 1.82) is 0 Å². The van der Waals surface area contributed by atoms with Crippen LogP contribution in [0.3, 0.4) is 0 Å². The molecule has 0 aromatic rings. The standard InChI is InChI=1S/C13H18N2O/c16-13-12-8-5-6-9(7-8)15(12)11-4-2-1-3-10(11)14-13/h5-6,8-12H,1-4,7H2,(H,14,16)/t8-,9+,10+,11+,12+/m0/s1. The predicted octanol–water partition coefficient (Wildman–Crippen LogP) is 1.06. The van der Waals surface area contributed by atoms with Crippen molar-refractivity contribution in [2.75, 3.05) is 0 Å². The fourth-order valence-electron chi connectivity index (χ4n) is 4.28. The van der Waals surface area contributed by atoms with Crippen LogP contribution in [0.5, 0.6) is 0 Å². The summed E-state index contributed by atoms with van der Waals surface area (Å²) in [4.78, 5) is 14.7. The van der Waals surface area contributed by atoms with Gasteiger partial charge in [-0.1, -0.05) is 25.0 Å². The van der Waals surface area contributed by atoms with Crippen molar-refractivity contribution in [1.82, 2.24) is 10.2 Å². The van der Waals surface area contributed by atoms with Crippen LogP contribution in [0, 0.1) is 5.92 Å². The zero-order chi connectivity index (χ0) is 10.7. The zero-order valence-corrected chi connectivity index (χ0v) is 9.43. The highest BCUT2D eigenvalue weighted by molar-refractivity contribution is 5.84. The number of carbonyl (C=O) groups excluding carboxylic acids is 1. The van der Waals surface area contributed by atoms with E-state index in [-0.39, 0.29) is 6.04 Å². The first-order chi connectivity index (χ1) is 7.84. The third kappa shape index (κ3) is 1.05. The monoisotopic (exact) mass is 218 g/mol. The maximum Gasteiger partial charge on any atom is 0.238 e. The van der Waals surface area contributed by atoms with Crippen molar-refractivity contribution >= 4 is 5.91 Å².